The van der Waals surface area contributed by atoms with Gasteiger partial charge in [0.15, 0.2) is 0 Å². The molecule has 2 amide bonds. The van der Waals surface area contributed by atoms with Crippen molar-refractivity contribution in [1.29, 1.82) is 0 Å². The van der Waals surface area contributed by atoms with Crippen LogP contribution < -0.4 is 5.32 Å². The first-order valence-electron chi connectivity index (χ1n) is 6.50. The van der Waals surface area contributed by atoms with Crippen molar-refractivity contribution in [2.45, 2.75) is 13.3 Å². The number of carboxylic acid groups (broad SMARTS) is 1. The summed E-state index contributed by atoms with van der Waals surface area (Å²) < 4.78 is 0. The van der Waals surface area contributed by atoms with E-state index >= 15 is 0 Å². The fourth-order valence-corrected chi connectivity index (χ4v) is 2.64. The predicted molar refractivity (Wildman–Crippen MR) is 77.0 cm³/mol. The fourth-order valence-electron chi connectivity index (χ4n) is 2.45. The number of carbonyl (C=O) groups excluding carboxylic acids is 1. The molecule has 2 unspecified atom stereocenters. The standard InChI is InChI=1S/C14H17ClN2O3/c1-9-6-10(13(18)19)8-17(7-9)14(20)16-12-5-3-2-4-11(12)15/h2-5,9-10H,6-8H2,1H3,(H,16,20)(H,18,19). The van der Waals surface area contributed by atoms with Crippen molar-refractivity contribution in [3.8, 4) is 0 Å². The molecule has 2 rings (SSSR count). The predicted octanol–water partition coefficient (Wildman–Crippen LogP) is 2.91. The molecule has 1 saturated heterocycles. The van der Waals surface area contributed by atoms with Crippen LogP contribution in [0.5, 0.6) is 0 Å². The number of halogens is 1. The first-order valence-corrected chi connectivity index (χ1v) is 6.88. The minimum Gasteiger partial charge on any atom is -0.481 e. The van der Waals surface area contributed by atoms with Gasteiger partial charge in [-0.25, -0.2) is 4.79 Å². The van der Waals surface area contributed by atoms with Gasteiger partial charge < -0.3 is 15.3 Å². The van der Waals surface area contributed by atoms with Gasteiger partial charge in [0.2, 0.25) is 0 Å². The molecule has 0 bridgehead atoms. The summed E-state index contributed by atoms with van der Waals surface area (Å²) in [5, 5.41) is 12.3. The number of piperidine rings is 1. The number of anilines is 1. The van der Waals surface area contributed by atoms with Crippen molar-refractivity contribution in [1.82, 2.24) is 4.90 Å². The minimum atomic E-state index is -0.855. The van der Waals surface area contributed by atoms with Crippen molar-refractivity contribution in [3.63, 3.8) is 0 Å². The molecule has 0 spiro atoms. The van der Waals surface area contributed by atoms with E-state index in [1.54, 1.807) is 24.3 Å². The Bertz CT molecular complexity index is 521. The molecule has 1 heterocycles. The number of benzene rings is 1. The number of nitrogens with one attached hydrogen (secondary N) is 1. The van der Waals surface area contributed by atoms with Crippen LogP contribution in [0.4, 0.5) is 10.5 Å². The van der Waals surface area contributed by atoms with Crippen LogP contribution in [-0.4, -0.2) is 35.1 Å². The Morgan fingerprint density at radius 3 is 2.70 bits per heavy atom. The average Bonchev–Trinajstić information content (AvgIpc) is 2.40. The van der Waals surface area contributed by atoms with Crippen LogP contribution in [0.3, 0.4) is 0 Å². The highest BCUT2D eigenvalue weighted by molar-refractivity contribution is 6.33. The maximum absolute atomic E-state index is 12.2. The van der Waals surface area contributed by atoms with Crippen LogP contribution in [0.15, 0.2) is 24.3 Å². The van der Waals surface area contributed by atoms with Crippen LogP contribution in [0.2, 0.25) is 5.02 Å². The van der Waals surface area contributed by atoms with E-state index in [1.165, 1.54) is 4.90 Å². The molecule has 2 N–H and O–H groups in total. The van der Waals surface area contributed by atoms with Crippen molar-refractivity contribution in [2.24, 2.45) is 11.8 Å². The molecule has 0 saturated carbocycles. The summed E-state index contributed by atoms with van der Waals surface area (Å²) in [5.74, 6) is -1.19. The van der Waals surface area contributed by atoms with Crippen molar-refractivity contribution >= 4 is 29.3 Å². The molecule has 1 aromatic rings. The second-order valence-electron chi connectivity index (χ2n) is 5.19. The van der Waals surface area contributed by atoms with Gasteiger partial charge in [0.25, 0.3) is 0 Å². The summed E-state index contributed by atoms with van der Waals surface area (Å²) in [6.07, 6.45) is 0.602. The lowest BCUT2D eigenvalue weighted by Gasteiger charge is -2.34. The molecule has 0 aromatic heterocycles. The van der Waals surface area contributed by atoms with Gasteiger partial charge in [-0.2, -0.15) is 0 Å². The number of amides is 2. The van der Waals surface area contributed by atoms with Crippen molar-refractivity contribution in [3.05, 3.63) is 29.3 Å². The van der Waals surface area contributed by atoms with E-state index in [0.29, 0.717) is 23.7 Å². The van der Waals surface area contributed by atoms with Gasteiger partial charge in [-0.3, -0.25) is 4.79 Å². The fraction of sp³-hybridized carbons (Fsp3) is 0.429. The third-order valence-electron chi connectivity index (χ3n) is 3.41. The monoisotopic (exact) mass is 296 g/mol. The number of para-hydroxylation sites is 1. The molecule has 0 radical (unpaired) electrons. The van der Waals surface area contributed by atoms with E-state index in [2.05, 4.69) is 5.32 Å². The molecule has 5 nitrogen and oxygen atoms in total. The summed E-state index contributed by atoms with van der Waals surface area (Å²) in [6, 6.07) is 6.65. The number of likely N-dealkylation sites (tertiary alicyclic amines) is 1. The highest BCUT2D eigenvalue weighted by Gasteiger charge is 2.31. The highest BCUT2D eigenvalue weighted by atomic mass is 35.5. The zero-order valence-electron chi connectivity index (χ0n) is 11.2. The van der Waals surface area contributed by atoms with E-state index in [9.17, 15) is 9.59 Å². The van der Waals surface area contributed by atoms with Gasteiger partial charge in [-0.1, -0.05) is 30.7 Å². The number of hydrogen-bond donors (Lipinski definition) is 2. The number of carboxylic acids is 1. The lowest BCUT2D eigenvalue weighted by molar-refractivity contribution is -0.143. The van der Waals surface area contributed by atoms with Gasteiger partial charge in [0.05, 0.1) is 16.6 Å². The van der Waals surface area contributed by atoms with Gasteiger partial charge in [-0.15, -0.1) is 0 Å². The quantitative estimate of drug-likeness (QED) is 0.881. The molecule has 1 fully saturated rings. The summed E-state index contributed by atoms with van der Waals surface area (Å²) in [5.41, 5.74) is 0.532. The molecular formula is C14H17ClN2O3. The molecule has 6 heteroatoms. The summed E-state index contributed by atoms with van der Waals surface area (Å²) in [7, 11) is 0. The zero-order chi connectivity index (χ0) is 14.7. The number of aliphatic carboxylic acids is 1. The Kier molecular flexibility index (Phi) is 4.49. The lowest BCUT2D eigenvalue weighted by Crippen LogP contribution is -2.47. The Hall–Kier alpha value is -1.75. The summed E-state index contributed by atoms with van der Waals surface area (Å²) >= 11 is 5.99. The molecule has 2 atom stereocenters. The molecule has 108 valence electrons. The number of rotatable bonds is 2. The van der Waals surface area contributed by atoms with Crippen LogP contribution in [-0.2, 0) is 4.79 Å². The second-order valence-corrected chi connectivity index (χ2v) is 5.60. The van der Waals surface area contributed by atoms with Crippen molar-refractivity contribution < 1.29 is 14.7 Å². The molecule has 20 heavy (non-hydrogen) atoms. The normalized spacial score (nSPS) is 22.4. The third kappa shape index (κ3) is 3.42. The van der Waals surface area contributed by atoms with Gasteiger partial charge in [0.1, 0.15) is 0 Å². The Morgan fingerprint density at radius 2 is 2.05 bits per heavy atom. The Morgan fingerprint density at radius 1 is 1.35 bits per heavy atom. The van der Waals surface area contributed by atoms with E-state index in [4.69, 9.17) is 16.7 Å². The second kappa shape index (κ2) is 6.13. The smallest absolute Gasteiger partial charge is 0.321 e. The molecule has 0 aliphatic carbocycles. The first-order chi connectivity index (χ1) is 9.47. The van der Waals surface area contributed by atoms with Crippen LogP contribution >= 0.6 is 11.6 Å². The maximum atomic E-state index is 12.2. The topological polar surface area (TPSA) is 69.6 Å². The maximum Gasteiger partial charge on any atom is 0.321 e. The SMILES string of the molecule is CC1CC(C(=O)O)CN(C(=O)Nc2ccccc2Cl)C1. The minimum absolute atomic E-state index is 0.168. The number of hydrogen-bond acceptors (Lipinski definition) is 2. The van der Waals surface area contributed by atoms with Crippen molar-refractivity contribution in [2.75, 3.05) is 18.4 Å². The van der Waals surface area contributed by atoms with Crippen LogP contribution in [0, 0.1) is 11.8 Å². The van der Waals surface area contributed by atoms with E-state index in [1.807, 2.05) is 6.92 Å². The average molecular weight is 297 g/mol. The van der Waals surface area contributed by atoms with Gasteiger partial charge in [-0.05, 0) is 24.5 Å². The molecule has 1 aromatic carbocycles. The summed E-state index contributed by atoms with van der Waals surface area (Å²) in [4.78, 5) is 24.8. The van der Waals surface area contributed by atoms with E-state index in [-0.39, 0.29) is 18.5 Å². The molecule has 1 aliphatic heterocycles. The molecular weight excluding hydrogens is 280 g/mol. The molecule has 1 aliphatic rings. The lowest BCUT2D eigenvalue weighted by atomic mass is 9.91. The number of urea groups is 1. The van der Waals surface area contributed by atoms with E-state index in [0.717, 1.165) is 0 Å². The number of nitrogens with zero attached hydrogens (tertiary/aromatic N) is 1. The first kappa shape index (κ1) is 14.7. The third-order valence-corrected chi connectivity index (χ3v) is 3.74. The van der Waals surface area contributed by atoms with Gasteiger partial charge in [0, 0.05) is 13.1 Å². The largest absolute Gasteiger partial charge is 0.481 e. The Balaban J connectivity index is 2.05. The Labute approximate surface area is 122 Å². The van der Waals surface area contributed by atoms with Crippen LogP contribution in [0.25, 0.3) is 0 Å². The number of carbonyl (C=O) groups is 2. The zero-order valence-corrected chi connectivity index (χ0v) is 11.9. The van der Waals surface area contributed by atoms with E-state index < -0.39 is 11.9 Å². The van der Waals surface area contributed by atoms with Gasteiger partial charge >= 0.3 is 12.0 Å². The summed E-state index contributed by atoms with van der Waals surface area (Å²) in [6.45, 7) is 2.74. The highest BCUT2D eigenvalue weighted by Crippen LogP contribution is 2.24. The van der Waals surface area contributed by atoms with Crippen LogP contribution in [0.1, 0.15) is 13.3 Å².